The largest absolute Gasteiger partial charge is 0.354 e. The van der Waals surface area contributed by atoms with Crippen LogP contribution in [0.5, 0.6) is 0 Å². The molecular weight excluding hydrogens is 578 g/mol. The quantitative estimate of drug-likeness (QED) is 0.311. The Hall–Kier alpha value is -3.17. The molecule has 0 saturated carbocycles. The van der Waals surface area contributed by atoms with Gasteiger partial charge in [0.05, 0.1) is 11.9 Å². The lowest BCUT2D eigenvalue weighted by Gasteiger charge is -2.33. The molecule has 0 aliphatic rings. The third-order valence-corrected chi connectivity index (χ3v) is 7.93. The maximum Gasteiger partial charge on any atom is 0.244 e. The number of halogens is 1. The normalized spacial score (nSPS) is 12.0. The summed E-state index contributed by atoms with van der Waals surface area (Å²) in [5.41, 5.74) is 3.92. The van der Waals surface area contributed by atoms with Gasteiger partial charge >= 0.3 is 0 Å². The molecule has 39 heavy (non-hydrogen) atoms. The number of carbonyl (C=O) groups is 2. The molecule has 1 atom stereocenters. The lowest BCUT2D eigenvalue weighted by atomic mass is 10.0. The average Bonchev–Trinajstić information content (AvgIpc) is 2.88. The zero-order valence-electron chi connectivity index (χ0n) is 22.9. The van der Waals surface area contributed by atoms with Crippen LogP contribution in [0.15, 0.2) is 77.3 Å². The van der Waals surface area contributed by atoms with Crippen molar-refractivity contribution in [2.45, 2.75) is 46.2 Å². The van der Waals surface area contributed by atoms with Gasteiger partial charge in [0.1, 0.15) is 12.6 Å². The lowest BCUT2D eigenvalue weighted by molar-refractivity contribution is -0.140. The fraction of sp³-hybridized carbons (Fsp3) is 0.333. The highest BCUT2D eigenvalue weighted by Crippen LogP contribution is 2.23. The second-order valence-corrected chi connectivity index (χ2v) is 12.6. The summed E-state index contributed by atoms with van der Waals surface area (Å²) in [5.74, 6) is -0.737. The standard InChI is InChI=1S/C30H36BrN3O4S/c1-5-15-32-30(36)28(19-24-9-7-6-8-10-24)33(20-25-11-13-26(31)14-12-25)29(35)21-34(39(4,37)38)27-17-22(2)16-23(3)18-27/h6-14,16-18,28H,5,15,19-21H2,1-4H3,(H,32,36). The van der Waals surface area contributed by atoms with Gasteiger partial charge in [-0.15, -0.1) is 0 Å². The van der Waals surface area contributed by atoms with Crippen molar-refractivity contribution >= 4 is 43.5 Å². The van der Waals surface area contributed by atoms with Crippen LogP contribution in [0.25, 0.3) is 0 Å². The van der Waals surface area contributed by atoms with Gasteiger partial charge in [-0.25, -0.2) is 8.42 Å². The fourth-order valence-corrected chi connectivity index (χ4v) is 5.51. The van der Waals surface area contributed by atoms with Gasteiger partial charge in [0.2, 0.25) is 21.8 Å². The summed E-state index contributed by atoms with van der Waals surface area (Å²) in [6, 6.07) is 21.6. The summed E-state index contributed by atoms with van der Waals surface area (Å²) in [6.45, 7) is 5.92. The predicted octanol–water partition coefficient (Wildman–Crippen LogP) is 5.00. The number of sulfonamides is 1. The SMILES string of the molecule is CCCNC(=O)C(Cc1ccccc1)N(Cc1ccc(Br)cc1)C(=O)CN(c1cc(C)cc(C)c1)S(C)(=O)=O. The summed E-state index contributed by atoms with van der Waals surface area (Å²) >= 11 is 3.44. The van der Waals surface area contributed by atoms with Gasteiger partial charge in [0, 0.05) is 24.0 Å². The summed E-state index contributed by atoms with van der Waals surface area (Å²) < 4.78 is 27.8. The number of anilines is 1. The van der Waals surface area contributed by atoms with E-state index in [0.29, 0.717) is 18.7 Å². The van der Waals surface area contributed by atoms with E-state index in [1.54, 1.807) is 12.1 Å². The summed E-state index contributed by atoms with van der Waals surface area (Å²) in [7, 11) is -3.80. The van der Waals surface area contributed by atoms with Crippen LogP contribution in [0.4, 0.5) is 5.69 Å². The summed E-state index contributed by atoms with van der Waals surface area (Å²) in [6.07, 6.45) is 2.13. The van der Waals surface area contributed by atoms with E-state index >= 15 is 0 Å². The Morgan fingerprint density at radius 2 is 1.54 bits per heavy atom. The van der Waals surface area contributed by atoms with Crippen molar-refractivity contribution in [2.75, 3.05) is 23.7 Å². The van der Waals surface area contributed by atoms with Crippen LogP contribution in [0, 0.1) is 13.8 Å². The smallest absolute Gasteiger partial charge is 0.244 e. The van der Waals surface area contributed by atoms with Gasteiger partial charge in [-0.3, -0.25) is 13.9 Å². The zero-order valence-corrected chi connectivity index (χ0v) is 25.3. The predicted molar refractivity (Wildman–Crippen MR) is 160 cm³/mol. The average molecular weight is 615 g/mol. The number of rotatable bonds is 12. The number of carbonyl (C=O) groups excluding carboxylic acids is 2. The molecule has 9 heteroatoms. The third kappa shape index (κ3) is 8.93. The second kappa shape index (κ2) is 13.8. The molecule has 0 aliphatic carbocycles. The monoisotopic (exact) mass is 613 g/mol. The van der Waals surface area contributed by atoms with Gasteiger partial charge in [-0.2, -0.15) is 0 Å². The van der Waals surface area contributed by atoms with Crippen molar-refractivity contribution in [3.05, 3.63) is 99.5 Å². The van der Waals surface area contributed by atoms with Crippen molar-refractivity contribution in [2.24, 2.45) is 0 Å². The van der Waals surface area contributed by atoms with Gasteiger partial charge < -0.3 is 10.2 Å². The van der Waals surface area contributed by atoms with Crippen molar-refractivity contribution in [1.82, 2.24) is 10.2 Å². The molecule has 3 aromatic carbocycles. The van der Waals surface area contributed by atoms with Crippen LogP contribution in [-0.4, -0.2) is 50.5 Å². The number of hydrogen-bond donors (Lipinski definition) is 1. The molecule has 1 unspecified atom stereocenters. The first-order valence-corrected chi connectivity index (χ1v) is 15.5. The van der Waals surface area contributed by atoms with Crippen molar-refractivity contribution in [3.8, 4) is 0 Å². The topological polar surface area (TPSA) is 86.8 Å². The molecule has 0 spiro atoms. The van der Waals surface area contributed by atoms with Crippen LogP contribution in [-0.2, 0) is 32.6 Å². The Kier molecular flexibility index (Phi) is 10.7. The Morgan fingerprint density at radius 1 is 0.923 bits per heavy atom. The van der Waals surface area contributed by atoms with Crippen molar-refractivity contribution in [3.63, 3.8) is 0 Å². The van der Waals surface area contributed by atoms with Gasteiger partial charge in [-0.05, 0) is 66.8 Å². The zero-order chi connectivity index (χ0) is 28.6. The molecule has 0 radical (unpaired) electrons. The Morgan fingerprint density at radius 3 is 2.10 bits per heavy atom. The number of nitrogens with one attached hydrogen (secondary N) is 1. The molecule has 2 amide bonds. The molecule has 0 fully saturated rings. The number of benzene rings is 3. The molecule has 7 nitrogen and oxygen atoms in total. The molecule has 3 rings (SSSR count). The van der Waals surface area contributed by atoms with E-state index in [4.69, 9.17) is 0 Å². The highest BCUT2D eigenvalue weighted by Gasteiger charge is 2.33. The first-order chi connectivity index (χ1) is 18.5. The molecule has 3 aromatic rings. The molecule has 0 bridgehead atoms. The first kappa shape index (κ1) is 30.4. The van der Waals surface area contributed by atoms with Gasteiger partial charge in [-0.1, -0.05) is 71.4 Å². The number of aryl methyl sites for hydroxylation is 2. The van der Waals surface area contributed by atoms with Crippen LogP contribution in [0.2, 0.25) is 0 Å². The molecular formula is C30H36BrN3O4S. The van der Waals surface area contributed by atoms with E-state index in [-0.39, 0.29) is 12.5 Å². The van der Waals surface area contributed by atoms with E-state index < -0.39 is 28.5 Å². The first-order valence-electron chi connectivity index (χ1n) is 12.9. The molecule has 0 aliphatic heterocycles. The molecule has 208 valence electrons. The Labute approximate surface area is 240 Å². The van der Waals surface area contributed by atoms with E-state index in [1.165, 1.54) is 4.90 Å². The lowest BCUT2D eigenvalue weighted by Crippen LogP contribution is -2.53. The molecule has 0 heterocycles. The van der Waals surface area contributed by atoms with E-state index in [0.717, 1.165) is 43.7 Å². The highest BCUT2D eigenvalue weighted by atomic mass is 79.9. The Bertz CT molecular complexity index is 1360. The molecule has 1 N–H and O–H groups in total. The van der Waals surface area contributed by atoms with Crippen LogP contribution in [0.3, 0.4) is 0 Å². The van der Waals surface area contributed by atoms with Crippen LogP contribution >= 0.6 is 15.9 Å². The maximum absolute atomic E-state index is 14.1. The van der Waals surface area contributed by atoms with E-state index in [1.807, 2.05) is 81.4 Å². The van der Waals surface area contributed by atoms with Crippen molar-refractivity contribution < 1.29 is 18.0 Å². The minimum atomic E-state index is -3.80. The second-order valence-electron chi connectivity index (χ2n) is 9.76. The fourth-order valence-electron chi connectivity index (χ4n) is 4.41. The van der Waals surface area contributed by atoms with Crippen LogP contribution < -0.4 is 9.62 Å². The minimum Gasteiger partial charge on any atom is -0.354 e. The van der Waals surface area contributed by atoms with E-state index in [2.05, 4.69) is 21.2 Å². The number of nitrogens with zero attached hydrogens (tertiary/aromatic N) is 2. The van der Waals surface area contributed by atoms with Gasteiger partial charge in [0.15, 0.2) is 0 Å². The third-order valence-electron chi connectivity index (χ3n) is 6.26. The highest BCUT2D eigenvalue weighted by molar-refractivity contribution is 9.10. The number of hydrogen-bond acceptors (Lipinski definition) is 4. The van der Waals surface area contributed by atoms with Gasteiger partial charge in [0.25, 0.3) is 0 Å². The summed E-state index contributed by atoms with van der Waals surface area (Å²) in [5, 5.41) is 2.94. The van der Waals surface area contributed by atoms with Crippen molar-refractivity contribution in [1.29, 1.82) is 0 Å². The van der Waals surface area contributed by atoms with E-state index in [9.17, 15) is 18.0 Å². The minimum absolute atomic E-state index is 0.146. The van der Waals surface area contributed by atoms with Crippen LogP contribution in [0.1, 0.15) is 35.6 Å². The Balaban J connectivity index is 2.05. The summed E-state index contributed by atoms with van der Waals surface area (Å²) in [4.78, 5) is 29.1. The maximum atomic E-state index is 14.1. The number of amides is 2. The molecule has 0 saturated heterocycles. The molecule has 0 aromatic heterocycles.